The average Bonchev–Trinajstić information content (AvgIpc) is 3.34. The third-order valence-electron chi connectivity index (χ3n) is 9.18. The number of hydrogen-bond acceptors (Lipinski definition) is 3. The second-order valence-electron chi connectivity index (χ2n) is 10.3. The van der Waals surface area contributed by atoms with Gasteiger partial charge in [-0.05, 0) is 91.9 Å². The smallest absolute Gasteiger partial charge is 0.178 e. The van der Waals surface area contributed by atoms with Crippen LogP contribution in [0.15, 0.2) is 11.3 Å². The molecule has 5 rings (SSSR count). The van der Waals surface area contributed by atoms with Crippen LogP contribution in [0.4, 0.5) is 0 Å². The van der Waals surface area contributed by atoms with Gasteiger partial charge in [0.25, 0.3) is 0 Å². The third-order valence-corrected chi connectivity index (χ3v) is 9.18. The van der Waals surface area contributed by atoms with Gasteiger partial charge in [0.15, 0.2) is 5.78 Å². The molecule has 0 amide bonds. The first kappa shape index (κ1) is 16.4. The molecular formula is C22H34N2O. The lowest BCUT2D eigenvalue weighted by atomic mass is 9.47. The first-order chi connectivity index (χ1) is 11.9. The predicted molar refractivity (Wildman–Crippen MR) is 99.8 cm³/mol. The summed E-state index contributed by atoms with van der Waals surface area (Å²) in [5.41, 5.74) is 8.94. The summed E-state index contributed by atoms with van der Waals surface area (Å²) in [7, 11) is 0. The minimum Gasteiger partial charge on any atom is -0.396 e. The molecular weight excluding hydrogens is 308 g/mol. The molecule has 0 heterocycles. The van der Waals surface area contributed by atoms with Crippen LogP contribution >= 0.6 is 0 Å². The van der Waals surface area contributed by atoms with E-state index in [-0.39, 0.29) is 11.2 Å². The summed E-state index contributed by atoms with van der Waals surface area (Å²) in [6.07, 6.45) is 12.3. The Morgan fingerprint density at radius 2 is 1.76 bits per heavy atom. The standard InChI is InChI=1S/C22H34N2O/c1-21-12-10-18(25)20(23)17(21)6-5-14-15-7-8-19(24-13-3-4-13)22(15,2)11-9-16(14)21/h13-16,19,24H,3-12,23H2,1-2H3. The number of hydrogen-bond donors (Lipinski definition) is 2. The van der Waals surface area contributed by atoms with E-state index in [4.69, 9.17) is 5.73 Å². The molecule has 3 nitrogen and oxygen atoms in total. The van der Waals surface area contributed by atoms with Gasteiger partial charge in [-0.3, -0.25) is 4.79 Å². The maximum atomic E-state index is 12.1. The minimum absolute atomic E-state index is 0.199. The highest BCUT2D eigenvalue weighted by Gasteiger charge is 2.59. The van der Waals surface area contributed by atoms with Gasteiger partial charge < -0.3 is 11.1 Å². The number of rotatable bonds is 2. The van der Waals surface area contributed by atoms with E-state index in [0.717, 1.165) is 42.7 Å². The number of carbonyl (C=O) groups is 1. The molecule has 6 atom stereocenters. The monoisotopic (exact) mass is 342 g/mol. The normalized spacial score (nSPS) is 49.6. The molecule has 0 bridgehead atoms. The second kappa shape index (κ2) is 5.34. The summed E-state index contributed by atoms with van der Waals surface area (Å²) in [4.78, 5) is 12.1. The van der Waals surface area contributed by atoms with Crippen LogP contribution in [0, 0.1) is 28.6 Å². The van der Waals surface area contributed by atoms with Crippen molar-refractivity contribution in [2.24, 2.45) is 34.3 Å². The highest BCUT2D eigenvalue weighted by molar-refractivity contribution is 5.96. The van der Waals surface area contributed by atoms with E-state index in [0.29, 0.717) is 17.5 Å². The zero-order valence-corrected chi connectivity index (χ0v) is 15.9. The van der Waals surface area contributed by atoms with E-state index in [9.17, 15) is 4.79 Å². The first-order valence-corrected chi connectivity index (χ1v) is 10.7. The molecule has 4 saturated carbocycles. The van der Waals surface area contributed by atoms with Gasteiger partial charge in [0, 0.05) is 18.5 Å². The number of ketones is 1. The Hall–Kier alpha value is -0.830. The quantitative estimate of drug-likeness (QED) is 0.799. The van der Waals surface area contributed by atoms with Crippen LogP contribution < -0.4 is 11.1 Å². The molecule has 138 valence electrons. The SMILES string of the molecule is CC12CCC(=O)C(N)=C1CCC1C2CCC2(C)C(NC3CC3)CCC12. The number of Topliss-reactive ketones (excluding diaryl/α,β-unsaturated/α-hetero) is 1. The number of allylic oxidation sites excluding steroid dienone is 1. The van der Waals surface area contributed by atoms with E-state index < -0.39 is 0 Å². The van der Waals surface area contributed by atoms with Crippen molar-refractivity contribution >= 4 is 5.78 Å². The molecule has 0 aromatic heterocycles. The van der Waals surface area contributed by atoms with E-state index in [1.807, 2.05) is 0 Å². The highest BCUT2D eigenvalue weighted by Crippen LogP contribution is 2.65. The number of carbonyl (C=O) groups excluding carboxylic acids is 1. The third kappa shape index (κ3) is 2.23. The van der Waals surface area contributed by atoms with Crippen LogP contribution in [-0.2, 0) is 4.79 Å². The molecule has 4 fully saturated rings. The topological polar surface area (TPSA) is 55.1 Å². The maximum Gasteiger partial charge on any atom is 0.178 e. The molecule has 5 aliphatic carbocycles. The molecule has 3 heteroatoms. The van der Waals surface area contributed by atoms with Gasteiger partial charge >= 0.3 is 0 Å². The number of fused-ring (bicyclic) bond motifs is 5. The van der Waals surface area contributed by atoms with Crippen LogP contribution in [0.3, 0.4) is 0 Å². The van der Waals surface area contributed by atoms with Crippen molar-refractivity contribution in [3.05, 3.63) is 11.3 Å². The molecule has 5 aliphatic rings. The minimum atomic E-state index is 0.199. The Bertz CT molecular complexity index is 636. The Kier molecular flexibility index (Phi) is 3.49. The summed E-state index contributed by atoms with van der Waals surface area (Å²) in [5, 5.41) is 3.99. The van der Waals surface area contributed by atoms with Gasteiger partial charge in [-0.1, -0.05) is 13.8 Å². The van der Waals surface area contributed by atoms with Gasteiger partial charge in [-0.15, -0.1) is 0 Å². The van der Waals surface area contributed by atoms with E-state index >= 15 is 0 Å². The Morgan fingerprint density at radius 1 is 0.960 bits per heavy atom. The largest absolute Gasteiger partial charge is 0.396 e. The molecule has 6 unspecified atom stereocenters. The van der Waals surface area contributed by atoms with Crippen LogP contribution in [-0.4, -0.2) is 17.9 Å². The van der Waals surface area contributed by atoms with Gasteiger partial charge in [-0.2, -0.15) is 0 Å². The van der Waals surface area contributed by atoms with Gasteiger partial charge in [-0.25, -0.2) is 0 Å². The molecule has 0 radical (unpaired) electrons. The molecule has 0 aromatic carbocycles. The van der Waals surface area contributed by atoms with Crippen molar-refractivity contribution in [2.75, 3.05) is 0 Å². The lowest BCUT2D eigenvalue weighted by Crippen LogP contribution is -2.54. The lowest BCUT2D eigenvalue weighted by Gasteiger charge is -2.58. The van der Waals surface area contributed by atoms with Crippen LogP contribution in [0.1, 0.15) is 78.1 Å². The van der Waals surface area contributed by atoms with Gasteiger partial charge in [0.1, 0.15) is 0 Å². The summed E-state index contributed by atoms with van der Waals surface area (Å²) in [5.74, 6) is 2.68. The summed E-state index contributed by atoms with van der Waals surface area (Å²) in [6, 6.07) is 1.56. The van der Waals surface area contributed by atoms with E-state index in [1.165, 1.54) is 50.5 Å². The average molecular weight is 343 g/mol. The van der Waals surface area contributed by atoms with Crippen molar-refractivity contribution in [1.29, 1.82) is 0 Å². The predicted octanol–water partition coefficient (Wildman–Crippen LogP) is 3.93. The second-order valence-corrected chi connectivity index (χ2v) is 10.3. The first-order valence-electron chi connectivity index (χ1n) is 10.7. The Balaban J connectivity index is 1.44. The molecule has 0 saturated heterocycles. The maximum absolute atomic E-state index is 12.1. The molecule has 0 aliphatic heterocycles. The molecule has 0 aromatic rings. The Labute approximate surface area is 152 Å². The van der Waals surface area contributed by atoms with Gasteiger partial charge in [0.05, 0.1) is 5.70 Å². The highest BCUT2D eigenvalue weighted by atomic mass is 16.1. The fraction of sp³-hybridized carbons (Fsp3) is 0.864. The zero-order valence-electron chi connectivity index (χ0n) is 15.9. The number of nitrogens with one attached hydrogen (secondary N) is 1. The fourth-order valence-electron chi connectivity index (χ4n) is 7.56. The van der Waals surface area contributed by atoms with Crippen molar-refractivity contribution in [2.45, 2.75) is 90.1 Å². The van der Waals surface area contributed by atoms with Crippen molar-refractivity contribution in [3.8, 4) is 0 Å². The van der Waals surface area contributed by atoms with Crippen molar-refractivity contribution < 1.29 is 4.79 Å². The molecule has 3 N–H and O–H groups in total. The van der Waals surface area contributed by atoms with Crippen LogP contribution in [0.25, 0.3) is 0 Å². The summed E-state index contributed by atoms with van der Waals surface area (Å²) in [6.45, 7) is 5.03. The van der Waals surface area contributed by atoms with Crippen LogP contribution in [0.2, 0.25) is 0 Å². The molecule has 0 spiro atoms. The lowest BCUT2D eigenvalue weighted by molar-refractivity contribution is -0.118. The van der Waals surface area contributed by atoms with E-state index in [2.05, 4.69) is 19.2 Å². The summed E-state index contributed by atoms with van der Waals surface area (Å²) >= 11 is 0. The van der Waals surface area contributed by atoms with Gasteiger partial charge in [0.2, 0.25) is 0 Å². The Morgan fingerprint density at radius 3 is 2.52 bits per heavy atom. The molecule has 25 heavy (non-hydrogen) atoms. The van der Waals surface area contributed by atoms with Crippen molar-refractivity contribution in [3.63, 3.8) is 0 Å². The van der Waals surface area contributed by atoms with E-state index in [1.54, 1.807) is 0 Å². The van der Waals surface area contributed by atoms with Crippen LogP contribution in [0.5, 0.6) is 0 Å². The fourth-order valence-corrected chi connectivity index (χ4v) is 7.56. The summed E-state index contributed by atoms with van der Waals surface area (Å²) < 4.78 is 0. The zero-order chi connectivity index (χ0) is 17.4. The van der Waals surface area contributed by atoms with Crippen molar-refractivity contribution in [1.82, 2.24) is 5.32 Å². The number of nitrogens with two attached hydrogens (primary N) is 1.